The van der Waals surface area contributed by atoms with Crippen molar-refractivity contribution in [1.29, 1.82) is 0 Å². The Morgan fingerprint density at radius 3 is 2.61 bits per heavy atom. The van der Waals surface area contributed by atoms with Crippen LogP contribution in [-0.4, -0.2) is 38.8 Å². The minimum atomic E-state index is 0.0963. The Morgan fingerprint density at radius 2 is 2.00 bits per heavy atom. The third-order valence-corrected chi connectivity index (χ3v) is 3.65. The first-order valence-electron chi connectivity index (χ1n) is 7.02. The van der Waals surface area contributed by atoms with E-state index in [-0.39, 0.29) is 11.3 Å². The Hall–Kier alpha value is -0.610. The van der Waals surface area contributed by atoms with Gasteiger partial charge >= 0.3 is 0 Å². The highest BCUT2D eigenvalue weighted by molar-refractivity contribution is 5.78. The van der Waals surface area contributed by atoms with E-state index in [4.69, 9.17) is 4.74 Å². The predicted octanol–water partition coefficient (Wildman–Crippen LogP) is 1.70. The Balaban J connectivity index is 2.11. The Labute approximate surface area is 111 Å². The third-order valence-electron chi connectivity index (χ3n) is 3.65. The summed E-state index contributed by atoms with van der Waals surface area (Å²) in [5.41, 5.74) is 0.0963. The average molecular weight is 256 g/mol. The molecule has 1 rings (SSSR count). The molecule has 1 saturated carbocycles. The zero-order chi connectivity index (χ0) is 13.4. The number of carbonyl (C=O) groups excluding carboxylic acids is 1. The van der Waals surface area contributed by atoms with Gasteiger partial charge in [-0.15, -0.1) is 0 Å². The van der Waals surface area contributed by atoms with Crippen molar-refractivity contribution < 1.29 is 9.53 Å². The summed E-state index contributed by atoms with van der Waals surface area (Å²) < 4.78 is 5.07. The van der Waals surface area contributed by atoms with Crippen LogP contribution in [0, 0.1) is 5.41 Å². The molecule has 0 aliphatic heterocycles. The van der Waals surface area contributed by atoms with Crippen molar-refractivity contribution in [2.24, 2.45) is 5.41 Å². The molecule has 0 radical (unpaired) electrons. The second kappa shape index (κ2) is 7.74. The fourth-order valence-corrected chi connectivity index (χ4v) is 2.23. The van der Waals surface area contributed by atoms with E-state index in [1.807, 2.05) is 0 Å². The number of rotatable bonds is 8. The van der Waals surface area contributed by atoms with Crippen LogP contribution in [0.15, 0.2) is 0 Å². The lowest BCUT2D eigenvalue weighted by Gasteiger charge is -2.24. The summed E-state index contributed by atoms with van der Waals surface area (Å²) in [6.45, 7) is 6.20. The monoisotopic (exact) mass is 256 g/mol. The van der Waals surface area contributed by atoms with Gasteiger partial charge in [-0.2, -0.15) is 0 Å². The lowest BCUT2D eigenvalue weighted by atomic mass is 9.90. The molecule has 1 fully saturated rings. The second-order valence-corrected chi connectivity index (χ2v) is 6.05. The van der Waals surface area contributed by atoms with Gasteiger partial charge in [-0.3, -0.25) is 4.79 Å². The molecule has 106 valence electrons. The van der Waals surface area contributed by atoms with Crippen LogP contribution in [0.2, 0.25) is 0 Å². The van der Waals surface area contributed by atoms with Gasteiger partial charge in [-0.05, 0) is 24.7 Å². The van der Waals surface area contributed by atoms with E-state index in [0.717, 1.165) is 13.0 Å². The Bertz CT molecular complexity index is 248. The summed E-state index contributed by atoms with van der Waals surface area (Å²) >= 11 is 0. The molecule has 18 heavy (non-hydrogen) atoms. The van der Waals surface area contributed by atoms with Crippen molar-refractivity contribution in [3.63, 3.8) is 0 Å². The number of amides is 1. The lowest BCUT2D eigenvalue weighted by Crippen LogP contribution is -2.41. The molecule has 1 aliphatic rings. The molecule has 2 N–H and O–H groups in total. The quantitative estimate of drug-likeness (QED) is 0.695. The minimum Gasteiger partial charge on any atom is -0.385 e. The van der Waals surface area contributed by atoms with Gasteiger partial charge < -0.3 is 15.4 Å². The van der Waals surface area contributed by atoms with E-state index in [1.54, 1.807) is 7.11 Å². The molecule has 0 bridgehead atoms. The molecular weight excluding hydrogens is 228 g/mol. The maximum atomic E-state index is 11.7. The van der Waals surface area contributed by atoms with Gasteiger partial charge in [0.1, 0.15) is 0 Å². The standard InChI is InChI=1S/C14H28N2O2/c1-14(2,8-9-18-3)11-16-13(17)10-15-12-6-4-5-7-12/h12,15H,4-11H2,1-3H3,(H,16,17). The first-order chi connectivity index (χ1) is 8.53. The van der Waals surface area contributed by atoms with Crippen LogP contribution in [0.5, 0.6) is 0 Å². The van der Waals surface area contributed by atoms with Crippen LogP contribution >= 0.6 is 0 Å². The average Bonchev–Trinajstić information content (AvgIpc) is 2.84. The summed E-state index contributed by atoms with van der Waals surface area (Å²) in [5.74, 6) is 0.104. The molecule has 0 unspecified atom stereocenters. The molecule has 0 aromatic rings. The zero-order valence-electron chi connectivity index (χ0n) is 12.1. The number of nitrogens with one attached hydrogen (secondary N) is 2. The molecule has 0 atom stereocenters. The van der Waals surface area contributed by atoms with Crippen molar-refractivity contribution in [3.8, 4) is 0 Å². The lowest BCUT2D eigenvalue weighted by molar-refractivity contribution is -0.120. The van der Waals surface area contributed by atoms with E-state index >= 15 is 0 Å². The number of methoxy groups -OCH3 is 1. The van der Waals surface area contributed by atoms with Crippen LogP contribution in [0.4, 0.5) is 0 Å². The summed E-state index contributed by atoms with van der Waals surface area (Å²) in [6.07, 6.45) is 5.98. The normalized spacial score (nSPS) is 17.1. The van der Waals surface area contributed by atoms with Crippen LogP contribution in [0.25, 0.3) is 0 Å². The summed E-state index contributed by atoms with van der Waals surface area (Å²) in [6, 6.07) is 0.553. The van der Waals surface area contributed by atoms with Gasteiger partial charge in [0.15, 0.2) is 0 Å². The molecule has 1 aliphatic carbocycles. The predicted molar refractivity (Wildman–Crippen MR) is 73.5 cm³/mol. The van der Waals surface area contributed by atoms with Gasteiger partial charge in [-0.1, -0.05) is 26.7 Å². The topological polar surface area (TPSA) is 50.4 Å². The van der Waals surface area contributed by atoms with Gasteiger partial charge in [-0.25, -0.2) is 0 Å². The number of hydrogen-bond donors (Lipinski definition) is 2. The molecule has 0 aromatic carbocycles. The third kappa shape index (κ3) is 6.36. The highest BCUT2D eigenvalue weighted by Gasteiger charge is 2.19. The molecular formula is C14H28N2O2. The van der Waals surface area contributed by atoms with Crippen LogP contribution in [0.3, 0.4) is 0 Å². The fraction of sp³-hybridized carbons (Fsp3) is 0.929. The maximum absolute atomic E-state index is 11.7. The molecule has 0 aromatic heterocycles. The molecule has 0 saturated heterocycles. The Kier molecular flexibility index (Phi) is 6.65. The number of carbonyl (C=O) groups is 1. The fourth-order valence-electron chi connectivity index (χ4n) is 2.23. The molecule has 0 heterocycles. The van der Waals surface area contributed by atoms with E-state index in [0.29, 0.717) is 19.1 Å². The highest BCUT2D eigenvalue weighted by Crippen LogP contribution is 2.19. The molecule has 4 heteroatoms. The van der Waals surface area contributed by atoms with Crippen LogP contribution in [-0.2, 0) is 9.53 Å². The first kappa shape index (κ1) is 15.4. The van der Waals surface area contributed by atoms with Crippen molar-refractivity contribution >= 4 is 5.91 Å². The Morgan fingerprint density at radius 1 is 1.33 bits per heavy atom. The molecule has 1 amide bonds. The summed E-state index contributed by atoms with van der Waals surface area (Å²) in [5, 5.41) is 6.32. The number of hydrogen-bond acceptors (Lipinski definition) is 3. The van der Waals surface area contributed by atoms with E-state index in [1.165, 1.54) is 25.7 Å². The zero-order valence-corrected chi connectivity index (χ0v) is 12.1. The van der Waals surface area contributed by atoms with Crippen LogP contribution < -0.4 is 10.6 Å². The van der Waals surface area contributed by atoms with E-state index < -0.39 is 0 Å². The first-order valence-corrected chi connectivity index (χ1v) is 7.02. The van der Waals surface area contributed by atoms with Crippen molar-refractivity contribution in [3.05, 3.63) is 0 Å². The summed E-state index contributed by atoms with van der Waals surface area (Å²) in [7, 11) is 1.71. The second-order valence-electron chi connectivity index (χ2n) is 6.05. The molecule has 0 spiro atoms. The highest BCUT2D eigenvalue weighted by atomic mass is 16.5. The smallest absolute Gasteiger partial charge is 0.233 e. The largest absolute Gasteiger partial charge is 0.385 e. The maximum Gasteiger partial charge on any atom is 0.233 e. The molecule has 4 nitrogen and oxygen atoms in total. The van der Waals surface area contributed by atoms with Crippen molar-refractivity contribution in [2.45, 2.75) is 52.0 Å². The number of ether oxygens (including phenoxy) is 1. The van der Waals surface area contributed by atoms with Gasteiger partial charge in [0, 0.05) is 26.3 Å². The van der Waals surface area contributed by atoms with Gasteiger partial charge in [0.2, 0.25) is 5.91 Å². The van der Waals surface area contributed by atoms with E-state index in [9.17, 15) is 4.79 Å². The van der Waals surface area contributed by atoms with Crippen LogP contribution in [0.1, 0.15) is 46.0 Å². The van der Waals surface area contributed by atoms with Crippen molar-refractivity contribution in [1.82, 2.24) is 10.6 Å². The summed E-state index contributed by atoms with van der Waals surface area (Å²) in [4.78, 5) is 11.7. The minimum absolute atomic E-state index is 0.0963. The van der Waals surface area contributed by atoms with Crippen molar-refractivity contribution in [2.75, 3.05) is 26.8 Å². The van der Waals surface area contributed by atoms with Gasteiger partial charge in [0.05, 0.1) is 6.54 Å². The van der Waals surface area contributed by atoms with Gasteiger partial charge in [0.25, 0.3) is 0 Å². The van der Waals surface area contributed by atoms with E-state index in [2.05, 4.69) is 24.5 Å². The SMILES string of the molecule is COCCC(C)(C)CNC(=O)CNC1CCCC1.